The lowest BCUT2D eigenvalue weighted by molar-refractivity contribution is -0.156. The first-order valence-corrected chi connectivity index (χ1v) is 6.01. The van der Waals surface area contributed by atoms with Gasteiger partial charge in [-0.25, -0.2) is 9.18 Å². The molecule has 6 heteroatoms. The first kappa shape index (κ1) is 12.1. The predicted octanol–water partition coefficient (Wildman–Crippen LogP) is 0.940. The van der Waals surface area contributed by atoms with E-state index in [-0.39, 0.29) is 24.8 Å². The van der Waals surface area contributed by atoms with E-state index in [4.69, 9.17) is 9.47 Å². The number of β-lactam (4-membered cyclic amide) rings is 1. The summed E-state index contributed by atoms with van der Waals surface area (Å²) in [7, 11) is 0. The molecule has 2 fully saturated rings. The quantitative estimate of drug-likeness (QED) is 0.603. The Balaban J connectivity index is 1.51. The lowest BCUT2D eigenvalue weighted by atomic mass is 10.2. The number of benzene rings is 1. The van der Waals surface area contributed by atoms with E-state index >= 15 is 0 Å². The van der Waals surface area contributed by atoms with E-state index in [2.05, 4.69) is 0 Å². The van der Waals surface area contributed by atoms with Crippen LogP contribution in [0.3, 0.4) is 0 Å². The van der Waals surface area contributed by atoms with Gasteiger partial charge in [-0.2, -0.15) is 0 Å². The summed E-state index contributed by atoms with van der Waals surface area (Å²) in [5.41, 5.74) is 0.291. The molecule has 1 aromatic carbocycles. The Labute approximate surface area is 108 Å². The molecule has 100 valence electrons. The van der Waals surface area contributed by atoms with Crippen LogP contribution in [0.5, 0.6) is 0 Å². The van der Waals surface area contributed by atoms with Gasteiger partial charge in [0.05, 0.1) is 18.5 Å². The monoisotopic (exact) mass is 265 g/mol. The maximum Gasteiger partial charge on any atom is 0.338 e. The molecule has 2 unspecified atom stereocenters. The van der Waals surface area contributed by atoms with Crippen molar-refractivity contribution >= 4 is 11.9 Å². The van der Waals surface area contributed by atoms with Crippen molar-refractivity contribution in [1.29, 1.82) is 0 Å². The first-order chi connectivity index (χ1) is 9.13. The molecule has 2 atom stereocenters. The lowest BCUT2D eigenvalue weighted by Gasteiger charge is -2.31. The number of fused-ring (bicyclic) bond motifs is 1. The van der Waals surface area contributed by atoms with Crippen LogP contribution in [0, 0.1) is 5.82 Å². The highest BCUT2D eigenvalue weighted by atomic mass is 19.1. The molecule has 19 heavy (non-hydrogen) atoms. The van der Waals surface area contributed by atoms with E-state index in [0.29, 0.717) is 18.5 Å². The zero-order valence-corrected chi connectivity index (χ0v) is 10.0. The fraction of sp³-hybridized carbons (Fsp3) is 0.385. The van der Waals surface area contributed by atoms with E-state index in [1.54, 1.807) is 4.90 Å². The summed E-state index contributed by atoms with van der Waals surface area (Å²) in [6, 6.07) is 5.13. The summed E-state index contributed by atoms with van der Waals surface area (Å²) in [5, 5.41) is 0. The van der Waals surface area contributed by atoms with Gasteiger partial charge in [0.15, 0.2) is 0 Å². The molecule has 0 aliphatic carbocycles. The van der Waals surface area contributed by atoms with Crippen molar-refractivity contribution < 1.29 is 23.5 Å². The average molecular weight is 265 g/mol. The second-order valence-corrected chi connectivity index (χ2v) is 4.57. The third-order valence-corrected chi connectivity index (χ3v) is 3.25. The summed E-state index contributed by atoms with van der Waals surface area (Å²) in [4.78, 5) is 24.4. The van der Waals surface area contributed by atoms with Crippen LogP contribution < -0.4 is 0 Å². The number of halogens is 1. The van der Waals surface area contributed by atoms with Crippen molar-refractivity contribution in [3.05, 3.63) is 35.6 Å². The molecular weight excluding hydrogens is 253 g/mol. The Bertz CT molecular complexity index is 516. The van der Waals surface area contributed by atoms with Gasteiger partial charge in [0.1, 0.15) is 24.8 Å². The topological polar surface area (TPSA) is 55.8 Å². The van der Waals surface area contributed by atoms with Crippen LogP contribution in [-0.4, -0.2) is 42.3 Å². The molecule has 2 aliphatic heterocycles. The molecule has 0 saturated carbocycles. The van der Waals surface area contributed by atoms with Crippen LogP contribution in [0.15, 0.2) is 24.3 Å². The molecule has 5 nitrogen and oxygen atoms in total. The van der Waals surface area contributed by atoms with Gasteiger partial charge in [0, 0.05) is 0 Å². The number of amides is 1. The maximum absolute atomic E-state index is 12.7. The highest BCUT2D eigenvalue weighted by molar-refractivity contribution is 5.89. The van der Waals surface area contributed by atoms with Gasteiger partial charge in [-0.05, 0) is 24.3 Å². The van der Waals surface area contributed by atoms with Crippen LogP contribution in [0.2, 0.25) is 0 Å². The van der Waals surface area contributed by atoms with Crippen LogP contribution >= 0.6 is 0 Å². The van der Waals surface area contributed by atoms with E-state index < -0.39 is 11.8 Å². The second kappa shape index (κ2) is 4.62. The number of hydrogen-bond donors (Lipinski definition) is 0. The summed E-state index contributed by atoms with van der Waals surface area (Å²) in [6.45, 7) is 0.552. The number of carbonyl (C=O) groups excluding carboxylic acids is 2. The number of ether oxygens (including phenoxy) is 2. The second-order valence-electron chi connectivity index (χ2n) is 4.57. The van der Waals surface area contributed by atoms with Crippen LogP contribution in [0.25, 0.3) is 0 Å². The van der Waals surface area contributed by atoms with E-state index in [1.807, 2.05) is 0 Å². The van der Waals surface area contributed by atoms with Crippen LogP contribution in [-0.2, 0) is 14.3 Å². The average Bonchev–Trinajstić information content (AvgIpc) is 2.73. The standard InChI is InChI=1S/C13H12FNO4/c14-9-3-1-8(2-4-9)13(17)18-7-10-6-15-11(16)5-12(15)19-10/h1-4,10,12H,5-7H2. The molecule has 0 radical (unpaired) electrons. The summed E-state index contributed by atoms with van der Waals surface area (Å²) in [5.74, 6) is -0.861. The molecule has 2 heterocycles. The van der Waals surface area contributed by atoms with E-state index in [1.165, 1.54) is 24.3 Å². The number of esters is 1. The van der Waals surface area contributed by atoms with Gasteiger partial charge in [0.2, 0.25) is 5.91 Å². The van der Waals surface area contributed by atoms with Gasteiger partial charge < -0.3 is 14.4 Å². The van der Waals surface area contributed by atoms with Crippen LogP contribution in [0.1, 0.15) is 16.8 Å². The molecule has 0 aromatic heterocycles. The Hall–Kier alpha value is -1.95. The normalized spacial score (nSPS) is 24.9. The molecular formula is C13H12FNO4. The molecule has 0 bridgehead atoms. The minimum atomic E-state index is -0.524. The minimum absolute atomic E-state index is 0.0670. The molecule has 0 N–H and O–H groups in total. The first-order valence-electron chi connectivity index (χ1n) is 6.01. The number of nitrogens with zero attached hydrogens (tertiary/aromatic N) is 1. The summed E-state index contributed by atoms with van der Waals surface area (Å²) >= 11 is 0. The van der Waals surface area contributed by atoms with Crippen molar-refractivity contribution in [3.8, 4) is 0 Å². The Morgan fingerprint density at radius 1 is 1.42 bits per heavy atom. The number of carbonyl (C=O) groups is 2. The number of hydrogen-bond acceptors (Lipinski definition) is 4. The van der Waals surface area contributed by atoms with Crippen LogP contribution in [0.4, 0.5) is 4.39 Å². The van der Waals surface area contributed by atoms with E-state index in [0.717, 1.165) is 0 Å². The molecule has 3 rings (SSSR count). The smallest absolute Gasteiger partial charge is 0.338 e. The molecule has 1 amide bonds. The minimum Gasteiger partial charge on any atom is -0.459 e. The summed E-state index contributed by atoms with van der Waals surface area (Å²) < 4.78 is 23.3. The molecule has 0 spiro atoms. The fourth-order valence-corrected chi connectivity index (χ4v) is 2.18. The van der Waals surface area contributed by atoms with Crippen molar-refractivity contribution in [2.75, 3.05) is 13.2 Å². The zero-order chi connectivity index (χ0) is 13.4. The van der Waals surface area contributed by atoms with Crippen molar-refractivity contribution in [2.45, 2.75) is 18.8 Å². The maximum atomic E-state index is 12.7. The number of rotatable bonds is 3. The summed E-state index contributed by atoms with van der Waals surface area (Å²) in [6.07, 6.45) is -0.0227. The SMILES string of the molecule is O=C(OCC1CN2C(=O)CC2O1)c1ccc(F)cc1. The van der Waals surface area contributed by atoms with Crippen molar-refractivity contribution in [1.82, 2.24) is 4.90 Å². The molecule has 2 aliphatic rings. The van der Waals surface area contributed by atoms with Crippen molar-refractivity contribution in [3.63, 3.8) is 0 Å². The molecule has 1 aromatic rings. The Morgan fingerprint density at radius 2 is 2.16 bits per heavy atom. The molecule has 2 saturated heterocycles. The third-order valence-electron chi connectivity index (χ3n) is 3.25. The van der Waals surface area contributed by atoms with Gasteiger partial charge in [0.25, 0.3) is 0 Å². The van der Waals surface area contributed by atoms with Crippen molar-refractivity contribution in [2.24, 2.45) is 0 Å². The highest BCUT2D eigenvalue weighted by Crippen LogP contribution is 2.28. The zero-order valence-electron chi connectivity index (χ0n) is 10.0. The Morgan fingerprint density at radius 3 is 2.79 bits per heavy atom. The van der Waals surface area contributed by atoms with Gasteiger partial charge in [-0.3, -0.25) is 4.79 Å². The predicted molar refractivity (Wildman–Crippen MR) is 61.7 cm³/mol. The highest BCUT2D eigenvalue weighted by Gasteiger charge is 2.45. The third kappa shape index (κ3) is 2.31. The van der Waals surface area contributed by atoms with E-state index in [9.17, 15) is 14.0 Å². The lowest BCUT2D eigenvalue weighted by Crippen LogP contribution is -2.48. The van der Waals surface area contributed by atoms with Gasteiger partial charge >= 0.3 is 5.97 Å². The largest absolute Gasteiger partial charge is 0.459 e. The fourth-order valence-electron chi connectivity index (χ4n) is 2.18. The van der Waals surface area contributed by atoms with Gasteiger partial charge in [-0.15, -0.1) is 0 Å². The Kier molecular flexibility index (Phi) is 2.94. The van der Waals surface area contributed by atoms with Gasteiger partial charge in [-0.1, -0.05) is 0 Å².